The highest BCUT2D eigenvalue weighted by Crippen LogP contribution is 1.95. The SMILES string of the molecule is CCCCCOCCCOCCCNCC. The second kappa shape index (κ2) is 14.9. The van der Waals surface area contributed by atoms with Gasteiger partial charge in [-0.25, -0.2) is 0 Å². The van der Waals surface area contributed by atoms with Crippen LogP contribution in [0.1, 0.15) is 46.0 Å². The van der Waals surface area contributed by atoms with Crippen LogP contribution in [0, 0.1) is 0 Å². The lowest BCUT2D eigenvalue weighted by atomic mass is 10.3. The predicted octanol–water partition coefficient (Wildman–Crippen LogP) is 2.60. The van der Waals surface area contributed by atoms with Crippen molar-refractivity contribution in [2.75, 3.05) is 39.5 Å². The van der Waals surface area contributed by atoms with Crippen LogP contribution in [-0.2, 0) is 9.47 Å². The van der Waals surface area contributed by atoms with E-state index in [1.54, 1.807) is 0 Å². The van der Waals surface area contributed by atoms with E-state index < -0.39 is 0 Å². The Labute approximate surface area is 101 Å². The van der Waals surface area contributed by atoms with Gasteiger partial charge in [-0.2, -0.15) is 0 Å². The largest absolute Gasteiger partial charge is 0.381 e. The zero-order chi connectivity index (χ0) is 11.9. The molecule has 0 rings (SSSR count). The summed E-state index contributed by atoms with van der Waals surface area (Å²) in [5.74, 6) is 0. The number of unbranched alkanes of at least 4 members (excludes halogenated alkanes) is 2. The molecule has 3 heteroatoms. The lowest BCUT2D eigenvalue weighted by Gasteiger charge is -2.05. The predicted molar refractivity (Wildman–Crippen MR) is 68.9 cm³/mol. The Morgan fingerprint density at radius 1 is 0.750 bits per heavy atom. The molecule has 0 fully saturated rings. The van der Waals surface area contributed by atoms with Gasteiger partial charge in [0.2, 0.25) is 0 Å². The van der Waals surface area contributed by atoms with E-state index in [-0.39, 0.29) is 0 Å². The van der Waals surface area contributed by atoms with Gasteiger partial charge in [0.05, 0.1) is 0 Å². The summed E-state index contributed by atoms with van der Waals surface area (Å²) < 4.78 is 11.0. The van der Waals surface area contributed by atoms with Crippen molar-refractivity contribution in [3.63, 3.8) is 0 Å². The van der Waals surface area contributed by atoms with Crippen molar-refractivity contribution in [2.24, 2.45) is 0 Å². The van der Waals surface area contributed by atoms with Crippen LogP contribution >= 0.6 is 0 Å². The third-order valence-electron chi connectivity index (χ3n) is 2.36. The van der Waals surface area contributed by atoms with Gasteiger partial charge in [0, 0.05) is 26.4 Å². The summed E-state index contributed by atoms with van der Waals surface area (Å²) in [7, 11) is 0. The summed E-state index contributed by atoms with van der Waals surface area (Å²) in [6, 6.07) is 0. The minimum Gasteiger partial charge on any atom is -0.381 e. The van der Waals surface area contributed by atoms with Gasteiger partial charge in [0.25, 0.3) is 0 Å². The smallest absolute Gasteiger partial charge is 0.0487 e. The molecule has 1 N–H and O–H groups in total. The Hall–Kier alpha value is -0.120. The van der Waals surface area contributed by atoms with Gasteiger partial charge in [0.1, 0.15) is 0 Å². The first-order chi connectivity index (χ1) is 7.91. The molecule has 0 aliphatic carbocycles. The van der Waals surface area contributed by atoms with Gasteiger partial charge >= 0.3 is 0 Å². The fraction of sp³-hybridized carbons (Fsp3) is 1.00. The van der Waals surface area contributed by atoms with E-state index in [0.29, 0.717) is 0 Å². The van der Waals surface area contributed by atoms with Crippen molar-refractivity contribution in [3.8, 4) is 0 Å². The van der Waals surface area contributed by atoms with Crippen LogP contribution in [0.25, 0.3) is 0 Å². The van der Waals surface area contributed by atoms with Gasteiger partial charge in [0.15, 0.2) is 0 Å². The Morgan fingerprint density at radius 3 is 2.00 bits per heavy atom. The molecule has 0 aliphatic rings. The molecule has 0 spiro atoms. The molecule has 0 heterocycles. The highest BCUT2D eigenvalue weighted by atomic mass is 16.5. The second-order valence-corrected chi connectivity index (χ2v) is 3.99. The molecule has 0 atom stereocenters. The molecule has 0 aromatic carbocycles. The van der Waals surface area contributed by atoms with Gasteiger partial charge in [-0.3, -0.25) is 0 Å². The molecule has 0 unspecified atom stereocenters. The highest BCUT2D eigenvalue weighted by molar-refractivity contribution is 4.43. The normalized spacial score (nSPS) is 10.9. The van der Waals surface area contributed by atoms with E-state index in [1.165, 1.54) is 19.3 Å². The van der Waals surface area contributed by atoms with Crippen LogP contribution in [0.3, 0.4) is 0 Å². The van der Waals surface area contributed by atoms with Crippen LogP contribution in [0.15, 0.2) is 0 Å². The van der Waals surface area contributed by atoms with Crippen LogP contribution in [0.4, 0.5) is 0 Å². The highest BCUT2D eigenvalue weighted by Gasteiger charge is 1.91. The first kappa shape index (κ1) is 15.9. The Morgan fingerprint density at radius 2 is 1.38 bits per heavy atom. The second-order valence-electron chi connectivity index (χ2n) is 3.99. The van der Waals surface area contributed by atoms with Gasteiger partial charge in [-0.15, -0.1) is 0 Å². The van der Waals surface area contributed by atoms with Crippen LogP contribution in [-0.4, -0.2) is 39.5 Å². The maximum Gasteiger partial charge on any atom is 0.0487 e. The standard InChI is InChI=1S/C13H29NO2/c1-3-5-6-10-15-12-8-13-16-11-7-9-14-4-2/h14H,3-13H2,1-2H3. The molecular formula is C13H29NO2. The number of hydrogen-bond donors (Lipinski definition) is 1. The van der Waals surface area contributed by atoms with E-state index in [0.717, 1.165) is 52.4 Å². The molecule has 16 heavy (non-hydrogen) atoms. The molecule has 0 aromatic rings. The van der Waals surface area contributed by atoms with Gasteiger partial charge in [-0.05, 0) is 32.4 Å². The zero-order valence-corrected chi connectivity index (χ0v) is 11.1. The number of nitrogens with one attached hydrogen (secondary N) is 1. The molecule has 0 saturated heterocycles. The Bertz CT molecular complexity index is 107. The average molecular weight is 231 g/mol. The summed E-state index contributed by atoms with van der Waals surface area (Å²) in [6.07, 6.45) is 5.86. The Kier molecular flexibility index (Phi) is 14.8. The van der Waals surface area contributed by atoms with Crippen molar-refractivity contribution in [1.29, 1.82) is 0 Å². The van der Waals surface area contributed by atoms with Crippen molar-refractivity contribution in [1.82, 2.24) is 5.32 Å². The molecule has 98 valence electrons. The third-order valence-corrected chi connectivity index (χ3v) is 2.36. The Balaban J connectivity index is 2.83. The van der Waals surface area contributed by atoms with E-state index in [2.05, 4.69) is 19.2 Å². The third kappa shape index (κ3) is 13.9. The van der Waals surface area contributed by atoms with Crippen molar-refractivity contribution >= 4 is 0 Å². The topological polar surface area (TPSA) is 30.5 Å². The maximum atomic E-state index is 5.49. The van der Waals surface area contributed by atoms with Crippen molar-refractivity contribution in [3.05, 3.63) is 0 Å². The first-order valence-electron chi connectivity index (χ1n) is 6.78. The summed E-state index contributed by atoms with van der Waals surface area (Å²) in [5, 5.41) is 3.27. The summed E-state index contributed by atoms with van der Waals surface area (Å²) in [4.78, 5) is 0. The van der Waals surface area contributed by atoms with Crippen LogP contribution in [0.2, 0.25) is 0 Å². The summed E-state index contributed by atoms with van der Waals surface area (Å²) in [6.45, 7) is 9.89. The molecule has 3 nitrogen and oxygen atoms in total. The molecule has 0 amide bonds. The fourth-order valence-corrected chi connectivity index (χ4v) is 1.40. The molecule has 0 saturated carbocycles. The fourth-order valence-electron chi connectivity index (χ4n) is 1.40. The minimum atomic E-state index is 0.833. The molecule has 0 bridgehead atoms. The lowest BCUT2D eigenvalue weighted by Crippen LogP contribution is -2.16. The summed E-state index contributed by atoms with van der Waals surface area (Å²) >= 11 is 0. The van der Waals surface area contributed by atoms with Crippen molar-refractivity contribution in [2.45, 2.75) is 46.0 Å². The van der Waals surface area contributed by atoms with E-state index in [4.69, 9.17) is 9.47 Å². The monoisotopic (exact) mass is 231 g/mol. The lowest BCUT2D eigenvalue weighted by molar-refractivity contribution is 0.0803. The quantitative estimate of drug-likeness (QED) is 0.494. The number of rotatable bonds is 13. The van der Waals surface area contributed by atoms with E-state index in [1.807, 2.05) is 0 Å². The van der Waals surface area contributed by atoms with E-state index >= 15 is 0 Å². The first-order valence-corrected chi connectivity index (χ1v) is 6.78. The maximum absolute atomic E-state index is 5.49. The molecule has 0 radical (unpaired) electrons. The van der Waals surface area contributed by atoms with Gasteiger partial charge < -0.3 is 14.8 Å². The van der Waals surface area contributed by atoms with Crippen molar-refractivity contribution < 1.29 is 9.47 Å². The number of hydrogen-bond acceptors (Lipinski definition) is 3. The number of ether oxygens (including phenoxy) is 2. The molecule has 0 aromatic heterocycles. The summed E-state index contributed by atoms with van der Waals surface area (Å²) in [5.41, 5.74) is 0. The molecular weight excluding hydrogens is 202 g/mol. The van der Waals surface area contributed by atoms with E-state index in [9.17, 15) is 0 Å². The van der Waals surface area contributed by atoms with Crippen LogP contribution in [0.5, 0.6) is 0 Å². The minimum absolute atomic E-state index is 0.833. The van der Waals surface area contributed by atoms with Crippen LogP contribution < -0.4 is 5.32 Å². The molecule has 0 aliphatic heterocycles. The average Bonchev–Trinajstić information content (AvgIpc) is 2.31. The van der Waals surface area contributed by atoms with Gasteiger partial charge in [-0.1, -0.05) is 26.7 Å². The zero-order valence-electron chi connectivity index (χ0n) is 11.1.